The number of benzene rings is 1. The van der Waals surface area contributed by atoms with Crippen molar-refractivity contribution in [1.29, 1.82) is 0 Å². The number of hydrogen-bond donors (Lipinski definition) is 3. The second kappa shape index (κ2) is 6.79. The van der Waals surface area contributed by atoms with Gasteiger partial charge in [0.1, 0.15) is 5.76 Å². The molecule has 0 saturated carbocycles. The summed E-state index contributed by atoms with van der Waals surface area (Å²) in [6.07, 6.45) is 1.35. The Hall–Kier alpha value is -2.74. The number of hydrogen-bond acceptors (Lipinski definition) is 5. The first-order valence-electron chi connectivity index (χ1n) is 7.24. The molecule has 0 radical (unpaired) electrons. The second-order valence-corrected chi connectivity index (χ2v) is 6.43. The van der Waals surface area contributed by atoms with Crippen LogP contribution >= 0.6 is 11.8 Å². The van der Waals surface area contributed by atoms with E-state index in [2.05, 4.69) is 16.2 Å². The number of rotatable bonds is 3. The zero-order valence-corrected chi connectivity index (χ0v) is 13.6. The monoisotopic (exact) mass is 345 g/mol. The standard InChI is InChI=1S/C16H15N3O4S/c1-9-10(6-7-23-9)15(21)19-18-14(20)8-13-16(22)17-11-4-2-3-5-12(11)24-13/h2-7,13H,8H2,1H3,(H,17,22)(H,18,20)(H,19,21)/t13-/m0/s1. The summed E-state index contributed by atoms with van der Waals surface area (Å²) in [6, 6.07) is 8.91. The summed E-state index contributed by atoms with van der Waals surface area (Å²) in [5, 5.41) is 2.22. The average Bonchev–Trinajstić information content (AvgIpc) is 2.99. The first kappa shape index (κ1) is 16.1. The van der Waals surface area contributed by atoms with Gasteiger partial charge in [-0.3, -0.25) is 25.2 Å². The molecule has 0 unspecified atom stereocenters. The fourth-order valence-corrected chi connectivity index (χ4v) is 3.37. The number of anilines is 1. The van der Waals surface area contributed by atoms with Gasteiger partial charge in [-0.05, 0) is 25.1 Å². The third kappa shape index (κ3) is 3.43. The largest absolute Gasteiger partial charge is 0.469 e. The highest BCUT2D eigenvalue weighted by atomic mass is 32.2. The second-order valence-electron chi connectivity index (χ2n) is 5.19. The SMILES string of the molecule is Cc1occc1C(=O)NNC(=O)C[C@@H]1Sc2ccccc2NC1=O. The number of para-hydroxylation sites is 1. The van der Waals surface area contributed by atoms with Crippen LogP contribution in [-0.4, -0.2) is 23.0 Å². The normalized spacial score (nSPS) is 16.0. The highest BCUT2D eigenvalue weighted by molar-refractivity contribution is 8.01. The van der Waals surface area contributed by atoms with Crippen LogP contribution in [0.15, 0.2) is 45.9 Å². The number of furan rings is 1. The van der Waals surface area contributed by atoms with Gasteiger partial charge in [0.2, 0.25) is 11.8 Å². The number of carbonyl (C=O) groups is 3. The molecule has 0 bridgehead atoms. The summed E-state index contributed by atoms with van der Waals surface area (Å²) in [4.78, 5) is 36.8. The maximum Gasteiger partial charge on any atom is 0.273 e. The molecule has 8 heteroatoms. The van der Waals surface area contributed by atoms with E-state index < -0.39 is 17.1 Å². The Bertz CT molecular complexity index is 802. The molecule has 1 aliphatic heterocycles. The third-order valence-electron chi connectivity index (χ3n) is 3.50. The lowest BCUT2D eigenvalue weighted by Crippen LogP contribution is -2.44. The number of aryl methyl sites for hydroxylation is 1. The predicted octanol–water partition coefficient (Wildman–Crippen LogP) is 1.85. The molecule has 7 nitrogen and oxygen atoms in total. The van der Waals surface area contributed by atoms with E-state index in [1.165, 1.54) is 24.1 Å². The lowest BCUT2D eigenvalue weighted by Gasteiger charge is -2.23. The van der Waals surface area contributed by atoms with Gasteiger partial charge in [0, 0.05) is 11.3 Å². The third-order valence-corrected chi connectivity index (χ3v) is 4.77. The maximum absolute atomic E-state index is 12.1. The van der Waals surface area contributed by atoms with Gasteiger partial charge in [-0.1, -0.05) is 12.1 Å². The van der Waals surface area contributed by atoms with Crippen LogP contribution in [0.1, 0.15) is 22.5 Å². The number of thioether (sulfide) groups is 1. The van der Waals surface area contributed by atoms with E-state index in [9.17, 15) is 14.4 Å². The minimum Gasteiger partial charge on any atom is -0.469 e. The fourth-order valence-electron chi connectivity index (χ4n) is 2.26. The average molecular weight is 345 g/mol. The summed E-state index contributed by atoms with van der Waals surface area (Å²) in [7, 11) is 0. The maximum atomic E-state index is 12.1. The molecule has 1 aromatic carbocycles. The molecule has 3 amide bonds. The van der Waals surface area contributed by atoms with Crippen LogP contribution in [-0.2, 0) is 9.59 Å². The summed E-state index contributed by atoms with van der Waals surface area (Å²) in [5.74, 6) is -0.691. The highest BCUT2D eigenvalue weighted by Crippen LogP contribution is 2.36. The number of nitrogens with one attached hydrogen (secondary N) is 3. The van der Waals surface area contributed by atoms with E-state index in [0.717, 1.165) is 10.6 Å². The Kier molecular flexibility index (Phi) is 4.57. The van der Waals surface area contributed by atoms with Crippen molar-refractivity contribution in [3.63, 3.8) is 0 Å². The Morgan fingerprint density at radius 3 is 2.79 bits per heavy atom. The molecular formula is C16H15N3O4S. The van der Waals surface area contributed by atoms with Crippen molar-refractivity contribution in [2.75, 3.05) is 5.32 Å². The van der Waals surface area contributed by atoms with Crippen LogP contribution in [0, 0.1) is 6.92 Å². The van der Waals surface area contributed by atoms with E-state index in [4.69, 9.17) is 4.42 Å². The van der Waals surface area contributed by atoms with Crippen molar-refractivity contribution in [2.24, 2.45) is 0 Å². The van der Waals surface area contributed by atoms with E-state index in [1.54, 1.807) is 6.92 Å². The molecule has 0 fully saturated rings. The molecule has 3 rings (SSSR count). The van der Waals surface area contributed by atoms with Crippen molar-refractivity contribution in [2.45, 2.75) is 23.5 Å². The smallest absolute Gasteiger partial charge is 0.273 e. The van der Waals surface area contributed by atoms with E-state index in [0.29, 0.717) is 11.3 Å². The molecule has 124 valence electrons. The topological polar surface area (TPSA) is 100 Å². The van der Waals surface area contributed by atoms with E-state index >= 15 is 0 Å². The number of carbonyl (C=O) groups excluding carboxylic acids is 3. The molecule has 2 aromatic rings. The molecule has 1 atom stereocenters. The van der Waals surface area contributed by atoms with Crippen molar-refractivity contribution < 1.29 is 18.8 Å². The summed E-state index contributed by atoms with van der Waals surface area (Å²) >= 11 is 1.33. The lowest BCUT2D eigenvalue weighted by molar-refractivity contribution is -0.124. The van der Waals surface area contributed by atoms with Gasteiger partial charge >= 0.3 is 0 Å². The van der Waals surface area contributed by atoms with Crippen LogP contribution in [0.2, 0.25) is 0 Å². The highest BCUT2D eigenvalue weighted by Gasteiger charge is 2.28. The Morgan fingerprint density at radius 2 is 2.04 bits per heavy atom. The molecule has 0 aliphatic carbocycles. The summed E-state index contributed by atoms with van der Waals surface area (Å²) in [5.41, 5.74) is 5.71. The molecule has 0 spiro atoms. The van der Waals surface area contributed by atoms with Crippen LogP contribution < -0.4 is 16.2 Å². The zero-order valence-electron chi connectivity index (χ0n) is 12.8. The Labute approximate surface area is 142 Å². The van der Waals surface area contributed by atoms with E-state index in [1.807, 2.05) is 24.3 Å². The lowest BCUT2D eigenvalue weighted by atomic mass is 10.2. The number of fused-ring (bicyclic) bond motifs is 1. The Morgan fingerprint density at radius 1 is 1.25 bits per heavy atom. The van der Waals surface area contributed by atoms with Crippen LogP contribution in [0.5, 0.6) is 0 Å². The van der Waals surface area contributed by atoms with Gasteiger partial charge in [-0.2, -0.15) is 0 Å². The van der Waals surface area contributed by atoms with E-state index in [-0.39, 0.29) is 12.3 Å². The first-order chi connectivity index (χ1) is 11.5. The molecule has 0 saturated heterocycles. The predicted molar refractivity (Wildman–Crippen MR) is 88.4 cm³/mol. The minimum absolute atomic E-state index is 0.0461. The van der Waals surface area contributed by atoms with Crippen molar-refractivity contribution in [3.05, 3.63) is 47.9 Å². The van der Waals surface area contributed by atoms with Gasteiger partial charge in [-0.15, -0.1) is 11.8 Å². The van der Waals surface area contributed by atoms with Crippen molar-refractivity contribution >= 4 is 35.2 Å². The quantitative estimate of drug-likeness (QED) is 0.737. The molecule has 1 aromatic heterocycles. The van der Waals surface area contributed by atoms with Crippen LogP contribution in [0.3, 0.4) is 0 Å². The molecule has 1 aliphatic rings. The van der Waals surface area contributed by atoms with Crippen LogP contribution in [0.4, 0.5) is 5.69 Å². The van der Waals surface area contributed by atoms with Gasteiger partial charge in [0.25, 0.3) is 5.91 Å². The van der Waals surface area contributed by atoms with Crippen molar-refractivity contribution in [3.8, 4) is 0 Å². The van der Waals surface area contributed by atoms with Gasteiger partial charge in [0.15, 0.2) is 0 Å². The number of amides is 3. The molecule has 2 heterocycles. The zero-order chi connectivity index (χ0) is 17.1. The fraction of sp³-hybridized carbons (Fsp3) is 0.188. The van der Waals surface area contributed by atoms with Gasteiger partial charge in [0.05, 0.1) is 22.8 Å². The van der Waals surface area contributed by atoms with Gasteiger partial charge in [-0.25, -0.2) is 0 Å². The molecule has 24 heavy (non-hydrogen) atoms. The van der Waals surface area contributed by atoms with Crippen molar-refractivity contribution in [1.82, 2.24) is 10.9 Å². The molecule has 3 N–H and O–H groups in total. The summed E-state index contributed by atoms with van der Waals surface area (Å²) < 4.78 is 5.03. The minimum atomic E-state index is -0.549. The summed E-state index contributed by atoms with van der Waals surface area (Å²) in [6.45, 7) is 1.65. The molecular weight excluding hydrogens is 330 g/mol. The Balaban J connectivity index is 1.55. The first-order valence-corrected chi connectivity index (χ1v) is 8.12. The van der Waals surface area contributed by atoms with Gasteiger partial charge < -0.3 is 9.73 Å². The number of hydrazine groups is 1. The van der Waals surface area contributed by atoms with Crippen LogP contribution in [0.25, 0.3) is 0 Å².